The fraction of sp³-hybridized carbons (Fsp3) is 0.400. The van der Waals surface area contributed by atoms with Gasteiger partial charge in [-0.3, -0.25) is 5.32 Å². The smallest absolute Gasteiger partial charge is 0.0581 e. The predicted molar refractivity (Wildman–Crippen MR) is 65.3 cm³/mol. The molecule has 0 aliphatic carbocycles. The van der Waals surface area contributed by atoms with Gasteiger partial charge < -0.3 is 5.73 Å². The first kappa shape index (κ1) is 11.7. The molecule has 1 atom stereocenters. The molecular weight excluding hydrogens is 260 g/mol. The van der Waals surface area contributed by atoms with Gasteiger partial charge in [-0.2, -0.15) is 0 Å². The molecule has 0 saturated carbocycles. The maximum absolute atomic E-state index is 5.69. The van der Waals surface area contributed by atoms with E-state index in [-0.39, 0.29) is 6.04 Å². The normalized spacial score (nSPS) is 11.9. The molecule has 4 heteroatoms. The van der Waals surface area contributed by atoms with Crippen LogP contribution in [0.1, 0.15) is 17.8 Å². The van der Waals surface area contributed by atoms with Gasteiger partial charge in [0.25, 0.3) is 0 Å². The summed E-state index contributed by atoms with van der Waals surface area (Å²) < 4.78 is 1.12. The Kier molecular flexibility index (Phi) is 5.20. The quantitative estimate of drug-likeness (QED) is 0.825. The van der Waals surface area contributed by atoms with Crippen LogP contribution in [0.5, 0.6) is 0 Å². The van der Waals surface area contributed by atoms with Crippen LogP contribution in [0.25, 0.3) is 0 Å². The van der Waals surface area contributed by atoms with Gasteiger partial charge in [0.2, 0.25) is 0 Å². The SMILES string of the molecule is CC#CCNC(CN)c1sccc1Br. The Hall–Kier alpha value is -0.340. The molecule has 2 nitrogen and oxygen atoms in total. The number of halogens is 1. The van der Waals surface area contributed by atoms with E-state index in [2.05, 4.69) is 38.5 Å². The molecule has 0 saturated heterocycles. The molecule has 1 aromatic heterocycles. The largest absolute Gasteiger partial charge is 0.329 e. The highest BCUT2D eigenvalue weighted by atomic mass is 79.9. The van der Waals surface area contributed by atoms with Crippen molar-refractivity contribution in [2.75, 3.05) is 13.1 Å². The molecule has 0 bridgehead atoms. The second kappa shape index (κ2) is 6.20. The molecule has 3 N–H and O–H groups in total. The van der Waals surface area contributed by atoms with Crippen LogP contribution in [0.15, 0.2) is 15.9 Å². The third-order valence-electron chi connectivity index (χ3n) is 1.81. The molecular formula is C10H13BrN2S. The molecule has 0 fully saturated rings. The molecule has 0 radical (unpaired) electrons. The van der Waals surface area contributed by atoms with Crippen molar-refractivity contribution in [3.05, 3.63) is 20.8 Å². The Morgan fingerprint density at radius 1 is 1.71 bits per heavy atom. The standard InChI is InChI=1S/C10H13BrN2S/c1-2-3-5-13-9(7-12)10-8(11)4-6-14-10/h4,6,9,13H,5,7,12H2,1H3. The van der Waals surface area contributed by atoms with E-state index >= 15 is 0 Å². The Bertz CT molecular complexity index is 337. The summed E-state index contributed by atoms with van der Waals surface area (Å²) in [6, 6.07) is 2.24. The Morgan fingerprint density at radius 2 is 2.50 bits per heavy atom. The molecule has 1 heterocycles. The molecule has 76 valence electrons. The second-order valence-corrected chi connectivity index (χ2v) is 4.53. The lowest BCUT2D eigenvalue weighted by molar-refractivity contribution is 0.589. The number of nitrogens with two attached hydrogens (primary N) is 1. The molecule has 14 heavy (non-hydrogen) atoms. The third-order valence-corrected chi connectivity index (χ3v) is 3.80. The highest BCUT2D eigenvalue weighted by molar-refractivity contribution is 9.10. The van der Waals surface area contributed by atoms with Gasteiger partial charge in [-0.05, 0) is 34.3 Å². The van der Waals surface area contributed by atoms with Crippen LogP contribution >= 0.6 is 27.3 Å². The van der Waals surface area contributed by atoms with E-state index in [0.717, 1.165) is 4.47 Å². The van der Waals surface area contributed by atoms with Gasteiger partial charge in [0.05, 0.1) is 12.6 Å². The fourth-order valence-electron chi connectivity index (χ4n) is 1.10. The van der Waals surface area contributed by atoms with Crippen molar-refractivity contribution in [1.29, 1.82) is 0 Å². The molecule has 0 aliphatic rings. The van der Waals surface area contributed by atoms with Crippen molar-refractivity contribution in [1.82, 2.24) is 5.32 Å². The molecule has 1 rings (SSSR count). The van der Waals surface area contributed by atoms with E-state index in [4.69, 9.17) is 5.73 Å². The van der Waals surface area contributed by atoms with Crippen molar-refractivity contribution >= 4 is 27.3 Å². The zero-order valence-corrected chi connectivity index (χ0v) is 10.4. The van der Waals surface area contributed by atoms with Crippen molar-refractivity contribution in [3.8, 4) is 11.8 Å². The lowest BCUT2D eigenvalue weighted by atomic mass is 10.2. The topological polar surface area (TPSA) is 38.0 Å². The zero-order chi connectivity index (χ0) is 10.4. The molecule has 0 aliphatic heterocycles. The number of hydrogen-bond donors (Lipinski definition) is 2. The van der Waals surface area contributed by atoms with Gasteiger partial charge in [-0.1, -0.05) is 5.92 Å². The summed E-state index contributed by atoms with van der Waals surface area (Å²) in [4.78, 5) is 1.24. The van der Waals surface area contributed by atoms with Gasteiger partial charge in [0, 0.05) is 15.9 Å². The average Bonchev–Trinajstić information content (AvgIpc) is 2.60. The van der Waals surface area contributed by atoms with Crippen LogP contribution in [-0.2, 0) is 0 Å². The monoisotopic (exact) mass is 272 g/mol. The number of nitrogens with one attached hydrogen (secondary N) is 1. The molecule has 1 aromatic rings. The predicted octanol–water partition coefficient (Wildman–Crippen LogP) is 2.12. The summed E-state index contributed by atoms with van der Waals surface area (Å²) in [5.41, 5.74) is 5.69. The third kappa shape index (κ3) is 3.10. The van der Waals surface area contributed by atoms with Crippen LogP contribution in [0.3, 0.4) is 0 Å². The second-order valence-electron chi connectivity index (χ2n) is 2.73. The van der Waals surface area contributed by atoms with Crippen LogP contribution < -0.4 is 11.1 Å². The number of rotatable bonds is 4. The molecule has 0 amide bonds. The number of thiophene rings is 1. The minimum absolute atomic E-state index is 0.199. The first-order chi connectivity index (χ1) is 6.79. The van der Waals surface area contributed by atoms with Crippen molar-refractivity contribution in [2.45, 2.75) is 13.0 Å². The van der Waals surface area contributed by atoms with Gasteiger partial charge >= 0.3 is 0 Å². The summed E-state index contributed by atoms with van der Waals surface area (Å²) >= 11 is 5.20. The van der Waals surface area contributed by atoms with E-state index in [1.54, 1.807) is 11.3 Å². The minimum Gasteiger partial charge on any atom is -0.329 e. The van der Waals surface area contributed by atoms with E-state index in [9.17, 15) is 0 Å². The summed E-state index contributed by atoms with van der Waals surface area (Å²) in [5.74, 6) is 5.81. The lowest BCUT2D eigenvalue weighted by Crippen LogP contribution is -2.28. The van der Waals surface area contributed by atoms with E-state index in [1.165, 1.54) is 4.88 Å². The van der Waals surface area contributed by atoms with E-state index < -0.39 is 0 Å². The minimum atomic E-state index is 0.199. The van der Waals surface area contributed by atoms with Crippen molar-refractivity contribution in [2.24, 2.45) is 5.73 Å². The Balaban J connectivity index is 2.61. The summed E-state index contributed by atoms with van der Waals surface area (Å²) in [6.07, 6.45) is 0. The van der Waals surface area contributed by atoms with Gasteiger partial charge in [0.15, 0.2) is 0 Å². The molecule has 0 spiro atoms. The van der Waals surface area contributed by atoms with Gasteiger partial charge in [-0.25, -0.2) is 0 Å². The van der Waals surface area contributed by atoms with Crippen LogP contribution in [0, 0.1) is 11.8 Å². The first-order valence-electron chi connectivity index (χ1n) is 4.35. The number of hydrogen-bond acceptors (Lipinski definition) is 3. The van der Waals surface area contributed by atoms with Crippen LogP contribution in [0.4, 0.5) is 0 Å². The summed E-state index contributed by atoms with van der Waals surface area (Å²) in [5, 5.41) is 5.35. The highest BCUT2D eigenvalue weighted by Crippen LogP contribution is 2.28. The van der Waals surface area contributed by atoms with Gasteiger partial charge in [-0.15, -0.1) is 17.3 Å². The van der Waals surface area contributed by atoms with Crippen LogP contribution in [0.2, 0.25) is 0 Å². The maximum atomic E-state index is 5.69. The van der Waals surface area contributed by atoms with Crippen molar-refractivity contribution in [3.63, 3.8) is 0 Å². The molecule has 0 aromatic carbocycles. The van der Waals surface area contributed by atoms with E-state index in [1.807, 2.05) is 13.0 Å². The average molecular weight is 273 g/mol. The lowest BCUT2D eigenvalue weighted by Gasteiger charge is -2.13. The maximum Gasteiger partial charge on any atom is 0.0581 e. The fourth-order valence-corrected chi connectivity index (χ4v) is 2.84. The van der Waals surface area contributed by atoms with Gasteiger partial charge in [0.1, 0.15) is 0 Å². The van der Waals surface area contributed by atoms with Crippen molar-refractivity contribution < 1.29 is 0 Å². The highest BCUT2D eigenvalue weighted by Gasteiger charge is 2.12. The summed E-state index contributed by atoms with van der Waals surface area (Å²) in [6.45, 7) is 3.10. The first-order valence-corrected chi connectivity index (χ1v) is 6.02. The Morgan fingerprint density at radius 3 is 3.00 bits per heavy atom. The Labute approximate surface area is 97.0 Å². The zero-order valence-electron chi connectivity index (χ0n) is 8.01. The molecule has 1 unspecified atom stereocenters. The van der Waals surface area contributed by atoms with E-state index in [0.29, 0.717) is 13.1 Å². The summed E-state index contributed by atoms with van der Waals surface area (Å²) in [7, 11) is 0. The van der Waals surface area contributed by atoms with Crippen LogP contribution in [-0.4, -0.2) is 13.1 Å².